The zero-order valence-electron chi connectivity index (χ0n) is 13.0. The molecule has 0 atom stereocenters. The molecule has 0 heterocycles. The summed E-state index contributed by atoms with van der Waals surface area (Å²) in [6.07, 6.45) is 3.44. The summed E-state index contributed by atoms with van der Waals surface area (Å²) < 4.78 is 39.0. The molecule has 2 amide bonds. The van der Waals surface area contributed by atoms with Gasteiger partial charge in [-0.15, -0.1) is 0 Å². The van der Waals surface area contributed by atoms with Crippen LogP contribution in [-0.4, -0.2) is 41.8 Å². The van der Waals surface area contributed by atoms with Crippen LogP contribution in [0.25, 0.3) is 0 Å². The summed E-state index contributed by atoms with van der Waals surface area (Å²) in [5, 5.41) is 12.9. The quantitative estimate of drug-likeness (QED) is 0.816. The van der Waals surface area contributed by atoms with Crippen molar-refractivity contribution in [3.63, 3.8) is 0 Å². The molecule has 1 saturated carbocycles. The number of hydrogen-bond acceptors (Lipinski definition) is 2. The number of urea groups is 1. The Morgan fingerprint density at radius 3 is 2.39 bits per heavy atom. The molecular weight excluding hydrogens is 309 g/mol. The van der Waals surface area contributed by atoms with Gasteiger partial charge in [-0.05, 0) is 37.0 Å². The van der Waals surface area contributed by atoms with Gasteiger partial charge in [-0.25, -0.2) is 18.0 Å². The zero-order valence-corrected chi connectivity index (χ0v) is 13.0. The van der Waals surface area contributed by atoms with Crippen molar-refractivity contribution in [2.24, 2.45) is 0 Å². The Kier molecular flexibility index (Phi) is 5.51. The molecule has 4 nitrogen and oxygen atoms in total. The van der Waals surface area contributed by atoms with Crippen molar-refractivity contribution in [1.82, 2.24) is 10.2 Å². The van der Waals surface area contributed by atoms with E-state index in [1.807, 2.05) is 0 Å². The topological polar surface area (TPSA) is 52.6 Å². The number of carbonyl (C=O) groups is 1. The fraction of sp³-hybridized carbons (Fsp3) is 0.562. The molecule has 1 aromatic carbocycles. The molecule has 7 heteroatoms. The van der Waals surface area contributed by atoms with Crippen molar-refractivity contribution in [3.8, 4) is 0 Å². The molecule has 0 bridgehead atoms. The number of likely N-dealkylation sites (N-methyl/N-ethyl adjacent to an activating group) is 1. The summed E-state index contributed by atoms with van der Waals surface area (Å²) in [5.41, 5.74) is -0.561. The second kappa shape index (κ2) is 7.21. The van der Waals surface area contributed by atoms with Gasteiger partial charge in [0.2, 0.25) is 0 Å². The van der Waals surface area contributed by atoms with Gasteiger partial charge in [0, 0.05) is 13.6 Å². The van der Waals surface area contributed by atoms with Gasteiger partial charge in [-0.2, -0.15) is 0 Å². The second-order valence-electron chi connectivity index (χ2n) is 6.14. The Morgan fingerprint density at radius 1 is 1.26 bits per heavy atom. The standard InChI is InChI=1S/C16H21F3N2O2/c1-21(10-16(23)5-2-3-6-16)15(22)20-7-4-11-8-12(17)14(19)13(18)9-11/h8-9,23H,2-7,10H2,1H3,(H,20,22). The van der Waals surface area contributed by atoms with Crippen LogP contribution in [-0.2, 0) is 6.42 Å². The van der Waals surface area contributed by atoms with E-state index in [1.54, 1.807) is 7.05 Å². The van der Waals surface area contributed by atoms with Crippen LogP contribution in [0.5, 0.6) is 0 Å². The monoisotopic (exact) mass is 330 g/mol. The molecule has 2 N–H and O–H groups in total. The highest BCUT2D eigenvalue weighted by Gasteiger charge is 2.33. The highest BCUT2D eigenvalue weighted by molar-refractivity contribution is 5.73. The molecule has 0 aliphatic heterocycles. The molecule has 23 heavy (non-hydrogen) atoms. The first-order valence-electron chi connectivity index (χ1n) is 7.65. The van der Waals surface area contributed by atoms with Crippen molar-refractivity contribution in [3.05, 3.63) is 35.1 Å². The van der Waals surface area contributed by atoms with Crippen molar-refractivity contribution in [2.75, 3.05) is 20.1 Å². The van der Waals surface area contributed by atoms with Crippen molar-refractivity contribution < 1.29 is 23.1 Å². The molecule has 0 saturated heterocycles. The first-order chi connectivity index (χ1) is 10.8. The molecule has 1 aliphatic carbocycles. The van der Waals surface area contributed by atoms with E-state index < -0.39 is 23.1 Å². The summed E-state index contributed by atoms with van der Waals surface area (Å²) in [7, 11) is 1.59. The minimum Gasteiger partial charge on any atom is -0.388 e. The Morgan fingerprint density at radius 2 is 1.83 bits per heavy atom. The molecule has 0 unspecified atom stereocenters. The van der Waals surface area contributed by atoms with E-state index in [0.717, 1.165) is 25.0 Å². The number of benzene rings is 1. The first-order valence-corrected chi connectivity index (χ1v) is 7.65. The van der Waals surface area contributed by atoms with Gasteiger partial charge < -0.3 is 15.3 Å². The maximum atomic E-state index is 13.1. The summed E-state index contributed by atoms with van der Waals surface area (Å²) in [6, 6.07) is 1.46. The van der Waals surface area contributed by atoms with E-state index in [-0.39, 0.29) is 31.1 Å². The molecular formula is C16H21F3N2O2. The van der Waals surface area contributed by atoms with Crippen LogP contribution in [0.3, 0.4) is 0 Å². The number of carbonyl (C=O) groups excluding carboxylic acids is 1. The highest BCUT2D eigenvalue weighted by atomic mass is 19.2. The largest absolute Gasteiger partial charge is 0.388 e. The van der Waals surface area contributed by atoms with Crippen LogP contribution in [0.15, 0.2) is 12.1 Å². The Balaban J connectivity index is 1.80. The van der Waals surface area contributed by atoms with Crippen molar-refractivity contribution >= 4 is 6.03 Å². The Hall–Kier alpha value is -1.76. The van der Waals surface area contributed by atoms with Crippen molar-refractivity contribution in [2.45, 2.75) is 37.7 Å². The SMILES string of the molecule is CN(CC1(O)CCCC1)C(=O)NCCc1cc(F)c(F)c(F)c1. The summed E-state index contributed by atoms with van der Waals surface area (Å²) in [5.74, 6) is -3.99. The number of halogens is 3. The summed E-state index contributed by atoms with van der Waals surface area (Å²) >= 11 is 0. The molecule has 2 rings (SSSR count). The lowest BCUT2D eigenvalue weighted by Crippen LogP contribution is -2.46. The van der Waals surface area contributed by atoms with Crippen LogP contribution in [0.2, 0.25) is 0 Å². The second-order valence-corrected chi connectivity index (χ2v) is 6.14. The normalized spacial score (nSPS) is 16.4. The fourth-order valence-electron chi connectivity index (χ4n) is 2.91. The van der Waals surface area contributed by atoms with Crippen LogP contribution in [0, 0.1) is 17.5 Å². The first kappa shape index (κ1) is 17.6. The minimum atomic E-state index is -1.50. The van der Waals surface area contributed by atoms with Crippen LogP contribution in [0.4, 0.5) is 18.0 Å². The van der Waals surface area contributed by atoms with E-state index in [1.165, 1.54) is 4.90 Å². The van der Waals surface area contributed by atoms with Crippen LogP contribution < -0.4 is 5.32 Å². The lowest BCUT2D eigenvalue weighted by molar-refractivity contribution is 0.0248. The predicted octanol–water partition coefficient (Wildman–Crippen LogP) is 2.59. The Bertz CT molecular complexity index is 551. The van der Waals surface area contributed by atoms with Crippen LogP contribution in [0.1, 0.15) is 31.2 Å². The molecule has 128 valence electrons. The van der Waals surface area contributed by atoms with E-state index in [9.17, 15) is 23.1 Å². The minimum absolute atomic E-state index is 0.159. The van der Waals surface area contributed by atoms with E-state index in [4.69, 9.17) is 0 Å². The van der Waals surface area contributed by atoms with Crippen molar-refractivity contribution in [1.29, 1.82) is 0 Å². The number of aliphatic hydroxyl groups is 1. The predicted molar refractivity (Wildman–Crippen MR) is 79.5 cm³/mol. The van der Waals surface area contributed by atoms with Crippen LogP contribution >= 0.6 is 0 Å². The fourth-order valence-corrected chi connectivity index (χ4v) is 2.91. The van der Waals surface area contributed by atoms with E-state index >= 15 is 0 Å². The van der Waals surface area contributed by atoms with E-state index in [0.29, 0.717) is 12.8 Å². The van der Waals surface area contributed by atoms with E-state index in [2.05, 4.69) is 5.32 Å². The van der Waals surface area contributed by atoms with Gasteiger partial charge in [-0.3, -0.25) is 0 Å². The maximum Gasteiger partial charge on any atom is 0.317 e. The van der Waals surface area contributed by atoms with Gasteiger partial charge in [0.1, 0.15) is 0 Å². The van der Waals surface area contributed by atoms with Gasteiger partial charge in [0.15, 0.2) is 17.5 Å². The third-order valence-electron chi connectivity index (χ3n) is 4.15. The number of rotatable bonds is 5. The number of nitrogens with one attached hydrogen (secondary N) is 1. The Labute approximate surface area is 133 Å². The molecule has 0 spiro atoms. The number of nitrogens with zero attached hydrogens (tertiary/aromatic N) is 1. The smallest absolute Gasteiger partial charge is 0.317 e. The average molecular weight is 330 g/mol. The lowest BCUT2D eigenvalue weighted by atomic mass is 10.0. The molecule has 1 fully saturated rings. The molecule has 1 aromatic rings. The van der Waals surface area contributed by atoms with Gasteiger partial charge in [0.05, 0.1) is 12.1 Å². The molecule has 1 aliphatic rings. The number of amides is 2. The number of hydrogen-bond donors (Lipinski definition) is 2. The average Bonchev–Trinajstić information content (AvgIpc) is 2.90. The summed E-state index contributed by atoms with van der Waals surface area (Å²) in [4.78, 5) is 13.3. The maximum absolute atomic E-state index is 13.1. The third kappa shape index (κ3) is 4.60. The lowest BCUT2D eigenvalue weighted by Gasteiger charge is -2.28. The van der Waals surface area contributed by atoms with Gasteiger partial charge in [0.25, 0.3) is 0 Å². The van der Waals surface area contributed by atoms with Gasteiger partial charge in [-0.1, -0.05) is 12.8 Å². The zero-order chi connectivity index (χ0) is 17.0. The molecule has 0 aromatic heterocycles. The summed E-state index contributed by atoms with van der Waals surface area (Å²) in [6.45, 7) is 0.407. The van der Waals surface area contributed by atoms with Gasteiger partial charge >= 0.3 is 6.03 Å². The third-order valence-corrected chi connectivity index (χ3v) is 4.15. The molecule has 0 radical (unpaired) electrons. The highest BCUT2D eigenvalue weighted by Crippen LogP contribution is 2.29.